The van der Waals surface area contributed by atoms with Crippen molar-refractivity contribution in [2.24, 2.45) is 4.99 Å². The average molecular weight is 389 g/mol. The van der Waals surface area contributed by atoms with Gasteiger partial charge in [-0.1, -0.05) is 19.1 Å². The number of hydrogen-bond acceptors (Lipinski definition) is 6. The van der Waals surface area contributed by atoms with Crippen molar-refractivity contribution in [3.63, 3.8) is 0 Å². The fraction of sp³-hybridized carbons (Fsp3) is 0.526. The number of piperazine rings is 1. The molecule has 1 fully saturated rings. The maximum atomic E-state index is 5.21. The number of aliphatic imine (C=N–C) groups is 1. The van der Waals surface area contributed by atoms with E-state index in [9.17, 15) is 0 Å². The Hall–Kier alpha value is -2.35. The van der Waals surface area contributed by atoms with Crippen LogP contribution in [0.25, 0.3) is 0 Å². The Labute approximate surface area is 165 Å². The van der Waals surface area contributed by atoms with E-state index in [4.69, 9.17) is 9.73 Å². The number of nitrogens with one attached hydrogen (secondary N) is 1. The van der Waals surface area contributed by atoms with E-state index < -0.39 is 0 Å². The first-order valence-corrected chi connectivity index (χ1v) is 10.2. The van der Waals surface area contributed by atoms with Gasteiger partial charge in [0, 0.05) is 50.7 Å². The Bertz CT molecular complexity index is 737. The molecule has 1 aromatic heterocycles. The van der Waals surface area contributed by atoms with Crippen LogP contribution >= 0.6 is 11.5 Å². The van der Waals surface area contributed by atoms with Gasteiger partial charge in [-0.05, 0) is 24.6 Å². The highest BCUT2D eigenvalue weighted by atomic mass is 32.1. The number of guanidine groups is 1. The molecule has 0 spiro atoms. The summed E-state index contributed by atoms with van der Waals surface area (Å²) in [6.07, 6.45) is 0.888. The summed E-state index contributed by atoms with van der Waals surface area (Å²) in [5, 5.41) is 4.45. The summed E-state index contributed by atoms with van der Waals surface area (Å²) in [5.74, 6) is 2.78. The van der Waals surface area contributed by atoms with Crippen LogP contribution in [0.5, 0.6) is 5.75 Å². The van der Waals surface area contributed by atoms with Gasteiger partial charge in [0.15, 0.2) is 5.96 Å². The van der Waals surface area contributed by atoms with Crippen LogP contribution in [-0.4, -0.2) is 60.1 Å². The summed E-state index contributed by atoms with van der Waals surface area (Å²) in [7, 11) is 1.68. The maximum absolute atomic E-state index is 5.21. The molecule has 0 unspecified atom stereocenters. The van der Waals surface area contributed by atoms with Crippen molar-refractivity contribution in [2.45, 2.75) is 26.8 Å². The molecule has 1 N–H and O–H groups in total. The smallest absolute Gasteiger partial charge is 0.205 e. The van der Waals surface area contributed by atoms with Gasteiger partial charge in [-0.15, -0.1) is 0 Å². The minimum atomic E-state index is 0.656. The molecule has 1 aliphatic heterocycles. The molecule has 3 rings (SSSR count). The van der Waals surface area contributed by atoms with Crippen molar-refractivity contribution < 1.29 is 4.74 Å². The lowest BCUT2D eigenvalue weighted by Crippen LogP contribution is -2.52. The quantitative estimate of drug-likeness (QED) is 0.606. The predicted octanol–water partition coefficient (Wildman–Crippen LogP) is 2.40. The zero-order chi connectivity index (χ0) is 19.1. The number of aryl methyl sites for hydroxylation is 1. The molecule has 1 saturated heterocycles. The Morgan fingerprint density at radius 3 is 2.52 bits per heavy atom. The molecule has 27 heavy (non-hydrogen) atoms. The molecule has 1 aromatic carbocycles. The molecular formula is C19H28N6OS. The topological polar surface area (TPSA) is 65.9 Å². The van der Waals surface area contributed by atoms with E-state index >= 15 is 0 Å². The zero-order valence-electron chi connectivity index (χ0n) is 16.3. The third-order valence-electron chi connectivity index (χ3n) is 4.53. The number of aromatic nitrogens is 2. The summed E-state index contributed by atoms with van der Waals surface area (Å²) < 4.78 is 9.61. The molecule has 1 aliphatic rings. The van der Waals surface area contributed by atoms with E-state index in [1.165, 1.54) is 17.1 Å². The Morgan fingerprint density at radius 1 is 1.19 bits per heavy atom. The van der Waals surface area contributed by atoms with Gasteiger partial charge in [-0.25, -0.2) is 9.98 Å². The zero-order valence-corrected chi connectivity index (χ0v) is 17.1. The minimum absolute atomic E-state index is 0.656. The standard InChI is InChI=1S/C19H28N6OS/c1-4-17-22-19(27-23-17)25-12-10-24(11-13-25)18(20-5-2)21-14-15-6-8-16(26-3)9-7-15/h6-9H,4-5,10-14H2,1-3H3,(H,20,21). The Kier molecular flexibility index (Phi) is 6.86. The summed E-state index contributed by atoms with van der Waals surface area (Å²) in [6, 6.07) is 8.07. The van der Waals surface area contributed by atoms with E-state index in [0.717, 1.165) is 61.8 Å². The third-order valence-corrected chi connectivity index (χ3v) is 5.34. The number of methoxy groups -OCH3 is 1. The molecule has 0 atom stereocenters. The first-order chi connectivity index (χ1) is 13.2. The van der Waals surface area contributed by atoms with Crippen LogP contribution in [0.2, 0.25) is 0 Å². The van der Waals surface area contributed by atoms with Crippen molar-refractivity contribution >= 4 is 22.6 Å². The number of hydrogen-bond donors (Lipinski definition) is 1. The molecule has 0 aliphatic carbocycles. The summed E-state index contributed by atoms with van der Waals surface area (Å²) in [5.41, 5.74) is 1.17. The van der Waals surface area contributed by atoms with Crippen molar-refractivity contribution in [3.8, 4) is 5.75 Å². The number of ether oxygens (including phenoxy) is 1. The van der Waals surface area contributed by atoms with Gasteiger partial charge in [0.1, 0.15) is 11.6 Å². The van der Waals surface area contributed by atoms with Gasteiger partial charge in [-0.3, -0.25) is 0 Å². The third kappa shape index (κ3) is 5.09. The fourth-order valence-corrected chi connectivity index (χ4v) is 3.75. The lowest BCUT2D eigenvalue weighted by Gasteiger charge is -2.36. The number of rotatable bonds is 6. The minimum Gasteiger partial charge on any atom is -0.497 e. The maximum Gasteiger partial charge on any atom is 0.205 e. The lowest BCUT2D eigenvalue weighted by molar-refractivity contribution is 0.372. The highest BCUT2D eigenvalue weighted by molar-refractivity contribution is 7.09. The largest absolute Gasteiger partial charge is 0.497 e. The Balaban J connectivity index is 1.59. The van der Waals surface area contributed by atoms with Gasteiger partial charge >= 0.3 is 0 Å². The van der Waals surface area contributed by atoms with Crippen LogP contribution in [0, 0.1) is 0 Å². The number of benzene rings is 1. The fourth-order valence-electron chi connectivity index (χ4n) is 2.95. The van der Waals surface area contributed by atoms with Crippen LogP contribution in [0.3, 0.4) is 0 Å². The van der Waals surface area contributed by atoms with Gasteiger partial charge < -0.3 is 19.9 Å². The van der Waals surface area contributed by atoms with Crippen molar-refractivity contribution in [1.82, 2.24) is 19.6 Å². The molecule has 2 aromatic rings. The van der Waals surface area contributed by atoms with Crippen LogP contribution in [0.1, 0.15) is 25.2 Å². The molecule has 0 radical (unpaired) electrons. The average Bonchev–Trinajstić information content (AvgIpc) is 3.21. The van der Waals surface area contributed by atoms with Crippen molar-refractivity contribution in [2.75, 3.05) is 44.7 Å². The summed E-state index contributed by atoms with van der Waals surface area (Å²) >= 11 is 1.50. The summed E-state index contributed by atoms with van der Waals surface area (Å²) in [4.78, 5) is 14.1. The van der Waals surface area contributed by atoms with Crippen molar-refractivity contribution in [3.05, 3.63) is 35.7 Å². The number of anilines is 1. The normalized spacial score (nSPS) is 15.1. The Morgan fingerprint density at radius 2 is 1.93 bits per heavy atom. The second-order valence-electron chi connectivity index (χ2n) is 6.34. The molecule has 7 nitrogen and oxygen atoms in total. The lowest BCUT2D eigenvalue weighted by atomic mass is 10.2. The van der Waals surface area contributed by atoms with Gasteiger partial charge in [-0.2, -0.15) is 4.37 Å². The molecular weight excluding hydrogens is 360 g/mol. The van der Waals surface area contributed by atoms with E-state index in [1.54, 1.807) is 7.11 Å². The first kappa shape index (κ1) is 19.4. The van der Waals surface area contributed by atoms with Gasteiger partial charge in [0.25, 0.3) is 0 Å². The van der Waals surface area contributed by atoms with Gasteiger partial charge in [0.05, 0.1) is 13.7 Å². The van der Waals surface area contributed by atoms with E-state index in [2.05, 4.69) is 50.5 Å². The van der Waals surface area contributed by atoms with Crippen LogP contribution in [0.4, 0.5) is 5.13 Å². The highest BCUT2D eigenvalue weighted by Gasteiger charge is 2.22. The van der Waals surface area contributed by atoms with Crippen LogP contribution in [-0.2, 0) is 13.0 Å². The first-order valence-electron chi connectivity index (χ1n) is 9.47. The predicted molar refractivity (Wildman–Crippen MR) is 111 cm³/mol. The van der Waals surface area contributed by atoms with Crippen LogP contribution in [0.15, 0.2) is 29.3 Å². The van der Waals surface area contributed by atoms with Crippen LogP contribution < -0.4 is 15.0 Å². The molecule has 2 heterocycles. The molecule has 0 bridgehead atoms. The monoisotopic (exact) mass is 388 g/mol. The SMILES string of the molecule is CCNC(=NCc1ccc(OC)cc1)N1CCN(c2nc(CC)ns2)CC1. The van der Waals surface area contributed by atoms with E-state index in [-0.39, 0.29) is 0 Å². The van der Waals surface area contributed by atoms with Gasteiger partial charge in [0.2, 0.25) is 5.13 Å². The number of nitrogens with zero attached hydrogens (tertiary/aromatic N) is 5. The van der Waals surface area contributed by atoms with E-state index in [0.29, 0.717) is 6.54 Å². The van der Waals surface area contributed by atoms with Crippen molar-refractivity contribution in [1.29, 1.82) is 0 Å². The molecule has 0 saturated carbocycles. The summed E-state index contributed by atoms with van der Waals surface area (Å²) in [6.45, 7) is 9.43. The van der Waals surface area contributed by atoms with E-state index in [1.807, 2.05) is 12.1 Å². The molecule has 8 heteroatoms. The highest BCUT2D eigenvalue weighted by Crippen LogP contribution is 2.19. The molecule has 146 valence electrons. The molecule has 0 amide bonds. The second kappa shape index (κ2) is 9.55. The second-order valence-corrected chi connectivity index (χ2v) is 7.07.